The SMILES string of the molecule is Cc1nc(C(C)C(C)C)n[nH]1. The third kappa shape index (κ3) is 1.79. The van der Waals surface area contributed by atoms with Gasteiger partial charge in [0.15, 0.2) is 5.82 Å². The van der Waals surface area contributed by atoms with Crippen molar-refractivity contribution in [1.82, 2.24) is 15.2 Å². The van der Waals surface area contributed by atoms with Crippen LogP contribution in [0.2, 0.25) is 0 Å². The summed E-state index contributed by atoms with van der Waals surface area (Å²) in [5.74, 6) is 2.87. The summed E-state index contributed by atoms with van der Waals surface area (Å²) in [7, 11) is 0. The van der Waals surface area contributed by atoms with Crippen LogP contribution in [0.25, 0.3) is 0 Å². The number of nitrogens with one attached hydrogen (secondary N) is 1. The van der Waals surface area contributed by atoms with Crippen molar-refractivity contribution in [3.8, 4) is 0 Å². The van der Waals surface area contributed by atoms with E-state index < -0.39 is 0 Å². The number of nitrogens with zero attached hydrogens (tertiary/aromatic N) is 2. The Morgan fingerprint density at radius 3 is 2.27 bits per heavy atom. The Bertz CT molecular complexity index is 227. The van der Waals surface area contributed by atoms with E-state index in [-0.39, 0.29) is 0 Å². The van der Waals surface area contributed by atoms with Crippen molar-refractivity contribution in [2.24, 2.45) is 5.92 Å². The Balaban J connectivity index is 2.76. The molecule has 0 bridgehead atoms. The Morgan fingerprint density at radius 2 is 1.91 bits per heavy atom. The number of aryl methyl sites for hydroxylation is 1. The molecule has 0 aromatic carbocycles. The molecule has 3 nitrogen and oxygen atoms in total. The summed E-state index contributed by atoms with van der Waals surface area (Å²) in [5, 5.41) is 6.94. The van der Waals surface area contributed by atoms with Gasteiger partial charge in [0, 0.05) is 5.92 Å². The van der Waals surface area contributed by atoms with E-state index in [9.17, 15) is 0 Å². The Hall–Kier alpha value is -0.860. The molecule has 0 aliphatic rings. The quantitative estimate of drug-likeness (QED) is 0.704. The molecule has 1 atom stereocenters. The Morgan fingerprint density at radius 1 is 1.27 bits per heavy atom. The Labute approximate surface area is 67.2 Å². The lowest BCUT2D eigenvalue weighted by Crippen LogP contribution is -2.03. The second kappa shape index (κ2) is 3.03. The van der Waals surface area contributed by atoms with Crippen LogP contribution in [0.5, 0.6) is 0 Å². The van der Waals surface area contributed by atoms with E-state index in [1.54, 1.807) is 0 Å². The van der Waals surface area contributed by atoms with Gasteiger partial charge in [-0.2, -0.15) is 5.10 Å². The van der Waals surface area contributed by atoms with Gasteiger partial charge >= 0.3 is 0 Å². The van der Waals surface area contributed by atoms with E-state index >= 15 is 0 Å². The number of hydrogen-bond acceptors (Lipinski definition) is 2. The first-order valence-electron chi connectivity index (χ1n) is 4.00. The first kappa shape index (κ1) is 8.24. The number of rotatable bonds is 2. The zero-order valence-corrected chi connectivity index (χ0v) is 7.55. The molecular weight excluding hydrogens is 138 g/mol. The average Bonchev–Trinajstić information content (AvgIpc) is 2.34. The summed E-state index contributed by atoms with van der Waals surface area (Å²) in [6, 6.07) is 0. The molecule has 1 heterocycles. The first-order chi connectivity index (χ1) is 5.11. The van der Waals surface area contributed by atoms with Crippen molar-refractivity contribution in [2.75, 3.05) is 0 Å². The molecule has 1 unspecified atom stereocenters. The third-order valence-electron chi connectivity index (χ3n) is 2.02. The molecule has 0 fully saturated rings. The fourth-order valence-electron chi connectivity index (χ4n) is 0.862. The fraction of sp³-hybridized carbons (Fsp3) is 0.750. The molecule has 0 radical (unpaired) electrons. The number of aromatic nitrogens is 3. The van der Waals surface area contributed by atoms with Crippen LogP contribution in [0, 0.1) is 12.8 Å². The summed E-state index contributed by atoms with van der Waals surface area (Å²) in [5.41, 5.74) is 0. The van der Waals surface area contributed by atoms with Crippen molar-refractivity contribution in [3.63, 3.8) is 0 Å². The highest BCUT2D eigenvalue weighted by atomic mass is 15.2. The molecule has 0 saturated heterocycles. The van der Waals surface area contributed by atoms with Gasteiger partial charge in [0.1, 0.15) is 5.82 Å². The summed E-state index contributed by atoms with van der Waals surface area (Å²) in [6.07, 6.45) is 0. The summed E-state index contributed by atoms with van der Waals surface area (Å²) in [6.45, 7) is 8.42. The van der Waals surface area contributed by atoms with Crippen molar-refractivity contribution < 1.29 is 0 Å². The molecule has 62 valence electrons. The highest BCUT2D eigenvalue weighted by molar-refractivity contribution is 4.95. The van der Waals surface area contributed by atoms with E-state index in [1.165, 1.54) is 0 Å². The maximum absolute atomic E-state index is 4.27. The molecule has 1 aromatic rings. The first-order valence-corrected chi connectivity index (χ1v) is 4.00. The zero-order chi connectivity index (χ0) is 8.43. The average molecular weight is 153 g/mol. The van der Waals surface area contributed by atoms with E-state index in [2.05, 4.69) is 36.0 Å². The molecule has 1 N–H and O–H groups in total. The molecule has 3 heteroatoms. The molecule has 0 aliphatic heterocycles. The molecular formula is C8H15N3. The number of aromatic amines is 1. The molecule has 0 aliphatic carbocycles. The van der Waals surface area contributed by atoms with Crippen molar-refractivity contribution in [1.29, 1.82) is 0 Å². The summed E-state index contributed by atoms with van der Waals surface area (Å²) >= 11 is 0. The normalized spacial score (nSPS) is 13.9. The van der Waals surface area contributed by atoms with Crippen molar-refractivity contribution in [2.45, 2.75) is 33.6 Å². The van der Waals surface area contributed by atoms with Gasteiger partial charge in [0.05, 0.1) is 0 Å². The Kier molecular flexibility index (Phi) is 2.27. The largest absolute Gasteiger partial charge is 0.263 e. The number of hydrogen-bond donors (Lipinski definition) is 1. The zero-order valence-electron chi connectivity index (χ0n) is 7.55. The van der Waals surface area contributed by atoms with E-state index in [0.29, 0.717) is 11.8 Å². The van der Waals surface area contributed by atoms with Gasteiger partial charge in [-0.3, -0.25) is 5.10 Å². The van der Waals surface area contributed by atoms with Crippen LogP contribution in [0.1, 0.15) is 38.3 Å². The predicted octanol–water partition coefficient (Wildman–Crippen LogP) is 1.87. The second-order valence-corrected chi connectivity index (χ2v) is 3.31. The van der Waals surface area contributed by atoms with Crippen LogP contribution < -0.4 is 0 Å². The molecule has 0 spiro atoms. The molecule has 0 saturated carbocycles. The van der Waals surface area contributed by atoms with Crippen LogP contribution in [0.3, 0.4) is 0 Å². The van der Waals surface area contributed by atoms with Gasteiger partial charge in [0.25, 0.3) is 0 Å². The molecule has 1 aromatic heterocycles. The topological polar surface area (TPSA) is 41.6 Å². The van der Waals surface area contributed by atoms with E-state index in [4.69, 9.17) is 0 Å². The van der Waals surface area contributed by atoms with Crippen LogP contribution in [0.15, 0.2) is 0 Å². The standard InChI is InChI=1S/C8H15N3/c1-5(2)6(3)8-9-7(4)10-11-8/h5-6H,1-4H3,(H,9,10,11). The summed E-state index contributed by atoms with van der Waals surface area (Å²) in [4.78, 5) is 4.27. The lowest BCUT2D eigenvalue weighted by Gasteiger charge is -2.09. The van der Waals surface area contributed by atoms with Crippen LogP contribution in [0.4, 0.5) is 0 Å². The predicted molar refractivity (Wildman–Crippen MR) is 44.4 cm³/mol. The second-order valence-electron chi connectivity index (χ2n) is 3.31. The maximum atomic E-state index is 4.27. The van der Waals surface area contributed by atoms with Crippen LogP contribution in [-0.4, -0.2) is 15.2 Å². The highest BCUT2D eigenvalue weighted by Crippen LogP contribution is 2.19. The van der Waals surface area contributed by atoms with Crippen molar-refractivity contribution >= 4 is 0 Å². The monoisotopic (exact) mass is 153 g/mol. The summed E-state index contributed by atoms with van der Waals surface area (Å²) < 4.78 is 0. The molecule has 0 amide bonds. The lowest BCUT2D eigenvalue weighted by molar-refractivity contribution is 0.512. The van der Waals surface area contributed by atoms with Gasteiger partial charge in [-0.15, -0.1) is 0 Å². The van der Waals surface area contributed by atoms with Gasteiger partial charge in [-0.05, 0) is 12.8 Å². The number of H-pyrrole nitrogens is 1. The van der Waals surface area contributed by atoms with Crippen LogP contribution >= 0.6 is 0 Å². The van der Waals surface area contributed by atoms with Crippen LogP contribution in [-0.2, 0) is 0 Å². The lowest BCUT2D eigenvalue weighted by atomic mass is 9.98. The minimum atomic E-state index is 0.444. The third-order valence-corrected chi connectivity index (χ3v) is 2.02. The van der Waals surface area contributed by atoms with Crippen molar-refractivity contribution in [3.05, 3.63) is 11.6 Å². The fourth-order valence-corrected chi connectivity index (χ4v) is 0.862. The van der Waals surface area contributed by atoms with Gasteiger partial charge in [-0.1, -0.05) is 20.8 Å². The highest BCUT2D eigenvalue weighted by Gasteiger charge is 2.13. The van der Waals surface area contributed by atoms with E-state index in [0.717, 1.165) is 11.6 Å². The molecule has 11 heavy (non-hydrogen) atoms. The van der Waals surface area contributed by atoms with Gasteiger partial charge < -0.3 is 0 Å². The maximum Gasteiger partial charge on any atom is 0.153 e. The molecule has 1 rings (SSSR count). The smallest absolute Gasteiger partial charge is 0.153 e. The van der Waals surface area contributed by atoms with E-state index in [1.807, 2.05) is 6.92 Å². The minimum absolute atomic E-state index is 0.444. The minimum Gasteiger partial charge on any atom is -0.263 e. The van der Waals surface area contributed by atoms with Gasteiger partial charge in [-0.25, -0.2) is 4.98 Å². The van der Waals surface area contributed by atoms with Gasteiger partial charge in [0.2, 0.25) is 0 Å².